The summed E-state index contributed by atoms with van der Waals surface area (Å²) in [5, 5.41) is 7.04. The molecule has 14 rings (SSSR count). The van der Waals surface area contributed by atoms with Crippen LogP contribution >= 0.6 is 11.8 Å². The SMILES string of the molecule is CC(C)c1c2c3c(cccc3c3cc(N(c4ccccc4-c4ccccc4)c4cccc5c4oc4ccccc45)ccc13)Sc1cc(N(c3ccccc3)c3c(F)cc(-c4ccccc4)cc3-c3ccccc3)ccc1-2. The summed E-state index contributed by atoms with van der Waals surface area (Å²) in [5.74, 6) is -0.115. The molecule has 1 aliphatic heterocycles. The summed E-state index contributed by atoms with van der Waals surface area (Å²) in [6.07, 6.45) is 0. The number of halogens is 1. The van der Waals surface area contributed by atoms with Gasteiger partial charge in [0.1, 0.15) is 11.4 Å². The Hall–Kier alpha value is -9.16. The molecule has 0 radical (unpaired) electrons. The molecule has 0 spiro atoms. The highest BCUT2D eigenvalue weighted by molar-refractivity contribution is 7.99. The monoisotopic (exact) mass is 996 g/mol. The minimum atomic E-state index is -0.297. The van der Waals surface area contributed by atoms with E-state index >= 15 is 4.39 Å². The van der Waals surface area contributed by atoms with Crippen molar-refractivity contribution in [3.63, 3.8) is 0 Å². The highest BCUT2D eigenvalue weighted by Gasteiger charge is 2.30. The molecule has 0 bridgehead atoms. The third kappa shape index (κ3) is 7.57. The second kappa shape index (κ2) is 18.6. The summed E-state index contributed by atoms with van der Waals surface area (Å²) >= 11 is 1.79. The maximum atomic E-state index is 17.5. The van der Waals surface area contributed by atoms with Crippen LogP contribution < -0.4 is 9.80 Å². The van der Waals surface area contributed by atoms with E-state index in [2.05, 4.69) is 200 Å². The maximum Gasteiger partial charge on any atom is 0.159 e. The van der Waals surface area contributed by atoms with Crippen LogP contribution in [0.4, 0.5) is 38.5 Å². The molecule has 362 valence electrons. The Labute approximate surface area is 445 Å². The summed E-state index contributed by atoms with van der Waals surface area (Å²) < 4.78 is 24.3. The van der Waals surface area contributed by atoms with Crippen LogP contribution in [0, 0.1) is 5.82 Å². The van der Waals surface area contributed by atoms with Crippen molar-refractivity contribution in [2.24, 2.45) is 0 Å². The van der Waals surface area contributed by atoms with Crippen LogP contribution in [0.5, 0.6) is 0 Å². The van der Waals surface area contributed by atoms with Crippen molar-refractivity contribution in [3.8, 4) is 44.5 Å². The van der Waals surface area contributed by atoms with Crippen LogP contribution in [0.15, 0.2) is 269 Å². The van der Waals surface area contributed by atoms with Crippen molar-refractivity contribution in [1.82, 2.24) is 0 Å². The van der Waals surface area contributed by atoms with E-state index in [1.54, 1.807) is 17.8 Å². The first-order valence-electron chi connectivity index (χ1n) is 26.0. The average molecular weight is 997 g/mol. The van der Waals surface area contributed by atoms with Crippen LogP contribution in [-0.4, -0.2) is 0 Å². The Kier molecular flexibility index (Phi) is 11.2. The molecule has 76 heavy (non-hydrogen) atoms. The molecule has 0 amide bonds. The lowest BCUT2D eigenvalue weighted by Gasteiger charge is -2.31. The molecule has 0 N–H and O–H groups in total. The van der Waals surface area contributed by atoms with Gasteiger partial charge >= 0.3 is 0 Å². The normalized spacial score (nSPS) is 11.9. The molecule has 12 aromatic carbocycles. The number of benzene rings is 12. The molecule has 5 heteroatoms. The topological polar surface area (TPSA) is 19.6 Å². The van der Waals surface area contributed by atoms with Gasteiger partial charge in [-0.2, -0.15) is 0 Å². The number of fused-ring (bicyclic) bond motifs is 7. The zero-order chi connectivity index (χ0) is 50.9. The Bertz CT molecular complexity index is 4360. The van der Waals surface area contributed by atoms with Gasteiger partial charge in [0.2, 0.25) is 0 Å². The predicted molar refractivity (Wildman–Crippen MR) is 318 cm³/mol. The number of hydrogen-bond donors (Lipinski definition) is 0. The zero-order valence-corrected chi connectivity index (χ0v) is 42.7. The van der Waals surface area contributed by atoms with Crippen LogP contribution in [0.1, 0.15) is 25.3 Å². The van der Waals surface area contributed by atoms with E-state index in [0.717, 1.165) is 88.7 Å². The van der Waals surface area contributed by atoms with Gasteiger partial charge in [0, 0.05) is 54.1 Å². The number of hydrogen-bond acceptors (Lipinski definition) is 4. The fourth-order valence-corrected chi connectivity index (χ4v) is 12.9. The van der Waals surface area contributed by atoms with Gasteiger partial charge in [-0.3, -0.25) is 0 Å². The molecule has 0 unspecified atom stereocenters. The van der Waals surface area contributed by atoms with E-state index in [1.807, 2.05) is 72.8 Å². The van der Waals surface area contributed by atoms with E-state index in [-0.39, 0.29) is 11.7 Å². The van der Waals surface area contributed by atoms with E-state index in [9.17, 15) is 0 Å². The molecule has 1 aromatic heterocycles. The number of para-hydroxylation sites is 4. The third-order valence-corrected chi connectivity index (χ3v) is 16.1. The van der Waals surface area contributed by atoms with Crippen molar-refractivity contribution < 1.29 is 8.81 Å². The fraction of sp³-hybridized carbons (Fsp3) is 0.0423. The molecule has 0 atom stereocenters. The van der Waals surface area contributed by atoms with Crippen molar-refractivity contribution >= 4 is 89.4 Å². The van der Waals surface area contributed by atoms with E-state index in [4.69, 9.17) is 4.42 Å². The molecule has 0 saturated carbocycles. The van der Waals surface area contributed by atoms with Crippen LogP contribution in [0.2, 0.25) is 0 Å². The summed E-state index contributed by atoms with van der Waals surface area (Å²) in [7, 11) is 0. The third-order valence-electron chi connectivity index (χ3n) is 15.0. The summed E-state index contributed by atoms with van der Waals surface area (Å²) in [6, 6.07) is 89.0. The molecular weight excluding hydrogens is 948 g/mol. The Morgan fingerprint density at radius 1 is 0.395 bits per heavy atom. The Balaban J connectivity index is 0.967. The van der Waals surface area contributed by atoms with Crippen molar-refractivity contribution in [3.05, 3.63) is 266 Å². The molecule has 0 saturated heterocycles. The average Bonchev–Trinajstić information content (AvgIpc) is 3.91. The van der Waals surface area contributed by atoms with Gasteiger partial charge in [-0.05, 0) is 134 Å². The predicted octanol–water partition coefficient (Wildman–Crippen LogP) is 21.2. The van der Waals surface area contributed by atoms with Gasteiger partial charge in [-0.1, -0.05) is 208 Å². The summed E-state index contributed by atoms with van der Waals surface area (Å²) in [4.78, 5) is 6.81. The smallest absolute Gasteiger partial charge is 0.159 e. The molecule has 13 aromatic rings. The lowest BCUT2D eigenvalue weighted by atomic mass is 9.83. The fourth-order valence-electron chi connectivity index (χ4n) is 11.7. The van der Waals surface area contributed by atoms with Gasteiger partial charge in [-0.25, -0.2) is 4.39 Å². The molecule has 1 aliphatic rings. The molecule has 3 nitrogen and oxygen atoms in total. The van der Waals surface area contributed by atoms with E-state index in [1.165, 1.54) is 43.1 Å². The van der Waals surface area contributed by atoms with Gasteiger partial charge in [0.05, 0.1) is 17.1 Å². The van der Waals surface area contributed by atoms with E-state index < -0.39 is 0 Å². The molecular formula is C71H49FN2OS. The lowest BCUT2D eigenvalue weighted by molar-refractivity contribution is 0.629. The molecule has 0 aliphatic carbocycles. The second-order valence-electron chi connectivity index (χ2n) is 19.9. The summed E-state index contributed by atoms with van der Waals surface area (Å²) in [5.41, 5.74) is 16.6. The van der Waals surface area contributed by atoms with Crippen LogP contribution in [-0.2, 0) is 0 Å². The highest BCUT2D eigenvalue weighted by atomic mass is 32.2. The number of anilines is 6. The highest BCUT2D eigenvalue weighted by Crippen LogP contribution is 2.56. The molecule has 2 heterocycles. The van der Waals surface area contributed by atoms with Crippen LogP contribution in [0.25, 0.3) is 88.0 Å². The summed E-state index contributed by atoms with van der Waals surface area (Å²) in [6.45, 7) is 4.64. The van der Waals surface area contributed by atoms with E-state index in [0.29, 0.717) is 5.69 Å². The first kappa shape index (κ1) is 45.5. The van der Waals surface area contributed by atoms with Gasteiger partial charge in [-0.15, -0.1) is 0 Å². The van der Waals surface area contributed by atoms with Crippen molar-refractivity contribution in [2.75, 3.05) is 9.80 Å². The first-order valence-corrected chi connectivity index (χ1v) is 26.8. The minimum absolute atomic E-state index is 0.183. The quantitative estimate of drug-likeness (QED) is 0.127. The zero-order valence-electron chi connectivity index (χ0n) is 41.9. The standard InChI is InChI=1S/C71H49FN2OS/c1-45(2)67-56-39-37-51(74(62-33-17-15-29-53(62)47-23-9-4-10-24-47)63-34-19-32-57-54-30-16-18-35-64(54)75-71(57)63)43-60(56)55-31-20-36-65-68(55)69(67)58-40-38-52(44-66(58)76-65)73(50-27-13-6-14-28-50)70-59(48-25-11-5-12-26-48)41-49(42-61(70)72)46-21-7-3-8-22-46/h3-45H,1-2H3. The van der Waals surface area contributed by atoms with Crippen molar-refractivity contribution in [1.29, 1.82) is 0 Å². The van der Waals surface area contributed by atoms with Crippen LogP contribution in [0.3, 0.4) is 0 Å². The van der Waals surface area contributed by atoms with Crippen molar-refractivity contribution in [2.45, 2.75) is 29.6 Å². The molecule has 0 fully saturated rings. The minimum Gasteiger partial charge on any atom is -0.454 e. The number of nitrogens with zero attached hydrogens (tertiary/aromatic N) is 2. The van der Waals surface area contributed by atoms with Gasteiger partial charge in [0.25, 0.3) is 0 Å². The first-order chi connectivity index (χ1) is 37.5. The maximum absolute atomic E-state index is 17.5. The number of rotatable bonds is 10. The Morgan fingerprint density at radius 3 is 1.76 bits per heavy atom. The van der Waals surface area contributed by atoms with Gasteiger partial charge in [0.15, 0.2) is 5.58 Å². The lowest BCUT2D eigenvalue weighted by Crippen LogP contribution is -2.14. The van der Waals surface area contributed by atoms with Gasteiger partial charge < -0.3 is 14.2 Å². The second-order valence-corrected chi connectivity index (χ2v) is 20.9. The largest absolute Gasteiger partial charge is 0.454 e. The Morgan fingerprint density at radius 2 is 1.00 bits per heavy atom. The number of furan rings is 1.